The Labute approximate surface area is 268 Å². The first-order valence-corrected chi connectivity index (χ1v) is 15.4. The number of para-hydroxylation sites is 2. The molecular weight excluding hydrogens is 688 g/mol. The van der Waals surface area contributed by atoms with Gasteiger partial charge in [0.2, 0.25) is 11.8 Å². The van der Waals surface area contributed by atoms with E-state index in [0.29, 0.717) is 46.2 Å². The number of imidazole rings is 2. The maximum Gasteiger partial charge on any atom is 0.241 e. The molecule has 0 saturated carbocycles. The summed E-state index contributed by atoms with van der Waals surface area (Å²) in [7, 11) is 1.62. The number of hydrogen-bond acceptors (Lipinski definition) is 6. The maximum absolute atomic E-state index is 12.2. The number of rotatable bonds is 5. The lowest BCUT2D eigenvalue weighted by molar-refractivity contribution is 0.112. The number of carbonyl (C=O) groups excluding carboxylic acids is 1. The average Bonchev–Trinajstić information content (AvgIpc) is 3.67. The van der Waals surface area contributed by atoms with Crippen molar-refractivity contribution >= 4 is 38.1 Å². The molecule has 10 heteroatoms. The number of carbonyl (C=O) groups is 1. The molecule has 0 spiro atoms. The molecule has 6 aromatic rings. The zero-order valence-electron chi connectivity index (χ0n) is 23.1. The number of nitrogens with zero attached hydrogens (tertiary/aromatic N) is 2. The van der Waals surface area contributed by atoms with Crippen LogP contribution in [0.2, 0.25) is 0 Å². The van der Waals surface area contributed by atoms with Crippen molar-refractivity contribution in [1.29, 1.82) is 0 Å². The first-order chi connectivity index (χ1) is 21.5. The highest BCUT2D eigenvalue weighted by Crippen LogP contribution is 2.58. The van der Waals surface area contributed by atoms with Crippen LogP contribution in [0, 0.1) is 0 Å². The molecule has 0 saturated heterocycles. The molecule has 2 aromatic heterocycles. The average molecular weight is 710 g/mol. The fraction of sp³-hybridized carbons (Fsp3) is 0.0882. The number of H-pyrrole nitrogens is 2. The minimum Gasteiger partial charge on any atom is -0.493 e. The fourth-order valence-corrected chi connectivity index (χ4v) is 6.61. The lowest BCUT2D eigenvalue weighted by Gasteiger charge is -2.34. The summed E-state index contributed by atoms with van der Waals surface area (Å²) in [6, 6.07) is 27.3. The Balaban J connectivity index is 1.38. The van der Waals surface area contributed by atoms with Crippen molar-refractivity contribution in [3.63, 3.8) is 0 Å². The van der Waals surface area contributed by atoms with E-state index in [9.17, 15) is 4.79 Å². The third kappa shape index (κ3) is 4.28. The molecule has 216 valence electrons. The third-order valence-corrected chi connectivity index (χ3v) is 9.14. The second-order valence-corrected chi connectivity index (χ2v) is 12.4. The molecule has 8 nitrogen and oxygen atoms in total. The number of fused-ring (bicyclic) bond motifs is 4. The van der Waals surface area contributed by atoms with Crippen molar-refractivity contribution in [3.8, 4) is 51.8 Å². The molecule has 0 bridgehead atoms. The van der Waals surface area contributed by atoms with E-state index in [1.807, 2.05) is 78.9 Å². The molecule has 0 amide bonds. The van der Waals surface area contributed by atoms with E-state index >= 15 is 0 Å². The molecule has 2 aliphatic heterocycles. The second kappa shape index (κ2) is 10.5. The Morgan fingerprint density at radius 2 is 1.20 bits per heavy atom. The highest BCUT2D eigenvalue weighted by Gasteiger charge is 2.44. The number of benzene rings is 4. The van der Waals surface area contributed by atoms with Crippen molar-refractivity contribution in [2.75, 3.05) is 7.11 Å². The zero-order valence-corrected chi connectivity index (χ0v) is 26.3. The summed E-state index contributed by atoms with van der Waals surface area (Å²) < 4.78 is 20.5. The van der Waals surface area contributed by atoms with Crippen molar-refractivity contribution < 1.29 is 19.0 Å². The van der Waals surface area contributed by atoms with Gasteiger partial charge in [-0.3, -0.25) is 4.79 Å². The van der Waals surface area contributed by atoms with E-state index < -0.39 is 0 Å². The first-order valence-electron chi connectivity index (χ1n) is 13.8. The van der Waals surface area contributed by atoms with Gasteiger partial charge in [0.1, 0.15) is 17.4 Å². The molecule has 0 radical (unpaired) electrons. The number of nitrogens with one attached hydrogen (secondary N) is 2. The van der Waals surface area contributed by atoms with Gasteiger partial charge in [-0.1, -0.05) is 80.4 Å². The van der Waals surface area contributed by atoms with Crippen molar-refractivity contribution in [3.05, 3.63) is 122 Å². The van der Waals surface area contributed by atoms with Crippen LogP contribution in [0.4, 0.5) is 0 Å². The monoisotopic (exact) mass is 708 g/mol. The van der Waals surface area contributed by atoms with Gasteiger partial charge in [-0.15, -0.1) is 0 Å². The van der Waals surface area contributed by atoms with Crippen molar-refractivity contribution in [1.82, 2.24) is 19.9 Å². The number of aromatic amines is 2. The van der Waals surface area contributed by atoms with Crippen LogP contribution in [-0.4, -0.2) is 33.3 Å². The summed E-state index contributed by atoms with van der Waals surface area (Å²) in [5.41, 5.74) is 5.59. The van der Waals surface area contributed by atoms with Crippen molar-refractivity contribution in [2.45, 2.75) is 11.8 Å². The maximum atomic E-state index is 12.2. The van der Waals surface area contributed by atoms with Crippen LogP contribution in [0.3, 0.4) is 0 Å². The lowest BCUT2D eigenvalue weighted by Crippen LogP contribution is -2.23. The van der Waals surface area contributed by atoms with E-state index in [1.54, 1.807) is 13.2 Å². The molecule has 2 aliphatic rings. The quantitative estimate of drug-likeness (QED) is 0.173. The van der Waals surface area contributed by atoms with Gasteiger partial charge in [0.15, 0.2) is 17.8 Å². The predicted octanol–water partition coefficient (Wildman–Crippen LogP) is 8.99. The largest absolute Gasteiger partial charge is 0.493 e. The van der Waals surface area contributed by atoms with Gasteiger partial charge in [0, 0.05) is 43.0 Å². The Morgan fingerprint density at radius 1 is 0.705 bits per heavy atom. The van der Waals surface area contributed by atoms with Crippen LogP contribution < -0.4 is 14.2 Å². The summed E-state index contributed by atoms with van der Waals surface area (Å²) in [4.78, 5) is 29.2. The Kier molecular flexibility index (Phi) is 6.42. The summed E-state index contributed by atoms with van der Waals surface area (Å²) in [6.07, 6.45) is 0.817. The van der Waals surface area contributed by atoms with E-state index in [1.165, 1.54) is 0 Å². The predicted molar refractivity (Wildman–Crippen MR) is 172 cm³/mol. The molecule has 4 aromatic carbocycles. The molecule has 2 atom stereocenters. The number of ether oxygens (including phenoxy) is 3. The molecule has 2 N–H and O–H groups in total. The van der Waals surface area contributed by atoms with E-state index in [-0.39, 0.29) is 11.8 Å². The topological polar surface area (TPSA) is 102 Å². The Bertz CT molecular complexity index is 2070. The van der Waals surface area contributed by atoms with Gasteiger partial charge in [-0.05, 0) is 36.4 Å². The van der Waals surface area contributed by atoms with Gasteiger partial charge in [-0.2, -0.15) is 9.97 Å². The number of hydrogen-bond donors (Lipinski definition) is 2. The van der Waals surface area contributed by atoms with Crippen LogP contribution in [-0.2, 0) is 0 Å². The smallest absolute Gasteiger partial charge is 0.241 e. The third-order valence-electron chi connectivity index (χ3n) is 8.08. The van der Waals surface area contributed by atoms with Crippen LogP contribution >= 0.6 is 31.9 Å². The van der Waals surface area contributed by atoms with Gasteiger partial charge < -0.3 is 24.2 Å². The Morgan fingerprint density at radius 3 is 1.73 bits per heavy atom. The van der Waals surface area contributed by atoms with Crippen LogP contribution in [0.25, 0.3) is 22.8 Å². The highest BCUT2D eigenvalue weighted by atomic mass is 79.9. The van der Waals surface area contributed by atoms with Gasteiger partial charge in [0.25, 0.3) is 0 Å². The minimum atomic E-state index is -0.350. The number of methoxy groups -OCH3 is 1. The highest BCUT2D eigenvalue weighted by molar-refractivity contribution is 9.10. The summed E-state index contributed by atoms with van der Waals surface area (Å²) >= 11 is 7.03. The Hall–Kier alpha value is -4.67. The van der Waals surface area contributed by atoms with Crippen LogP contribution in [0.5, 0.6) is 29.0 Å². The number of aromatic nitrogens is 4. The van der Waals surface area contributed by atoms with E-state index in [4.69, 9.17) is 24.2 Å². The van der Waals surface area contributed by atoms with Gasteiger partial charge in [-0.25, -0.2) is 0 Å². The van der Waals surface area contributed by atoms with Gasteiger partial charge >= 0.3 is 0 Å². The molecule has 2 unspecified atom stereocenters. The van der Waals surface area contributed by atoms with Crippen LogP contribution in [0.15, 0.2) is 93.9 Å². The summed E-state index contributed by atoms with van der Waals surface area (Å²) in [6.45, 7) is 0. The van der Waals surface area contributed by atoms with Gasteiger partial charge in [0.05, 0.1) is 24.1 Å². The van der Waals surface area contributed by atoms with E-state index in [0.717, 1.165) is 48.9 Å². The zero-order chi connectivity index (χ0) is 29.9. The first kappa shape index (κ1) is 26.9. The number of aldehydes is 1. The second-order valence-electron chi connectivity index (χ2n) is 10.5. The standard InChI is InChI=1S/C34H22Br2N4O4/c1-42-24-7-3-6-23-26(28-34(44-30(23)24)40-32(38-28)18-10-14-21(36)15-11-18)25-22-5-2-4-19(16-41)29(22)43-33-27(25)37-31(39-33)17-8-12-20(35)13-9-17/h2-16,25-26H,1H3,(H,37,39)(H,38,40). The molecule has 44 heavy (non-hydrogen) atoms. The molecule has 4 heterocycles. The summed E-state index contributed by atoms with van der Waals surface area (Å²) in [5, 5.41) is 0. The lowest BCUT2D eigenvalue weighted by atomic mass is 9.75. The SMILES string of the molecule is COc1cccc2c1Oc1nc(-c3ccc(Br)cc3)[nH]c1C2C1c2cccc(C=O)c2Oc2nc(-c3ccc(Br)cc3)[nH]c21. The van der Waals surface area contributed by atoms with Crippen molar-refractivity contribution in [2.24, 2.45) is 0 Å². The van der Waals surface area contributed by atoms with Crippen LogP contribution in [0.1, 0.15) is 44.7 Å². The minimum absolute atomic E-state index is 0.331. The normalized spacial score (nSPS) is 16.1. The fourth-order valence-electron chi connectivity index (χ4n) is 6.08. The summed E-state index contributed by atoms with van der Waals surface area (Å²) in [5.74, 6) is 3.20. The molecular formula is C34H22Br2N4O4. The number of halogens is 2. The molecule has 0 aliphatic carbocycles. The molecule has 0 fully saturated rings. The van der Waals surface area contributed by atoms with E-state index in [2.05, 4.69) is 41.8 Å². The molecule has 8 rings (SSSR count).